The third-order valence-corrected chi connectivity index (χ3v) is 14.9. The van der Waals surface area contributed by atoms with E-state index in [9.17, 15) is 27.6 Å². The fourth-order valence-electron chi connectivity index (χ4n) is 8.71. The fraction of sp³-hybridized carbons (Fsp3) is 0.429. The summed E-state index contributed by atoms with van der Waals surface area (Å²) in [4.78, 5) is 63.5. The first kappa shape index (κ1) is 45.4. The van der Waals surface area contributed by atoms with E-state index in [-0.39, 0.29) is 31.9 Å². The van der Waals surface area contributed by atoms with Gasteiger partial charge in [0.15, 0.2) is 5.54 Å². The smallest absolute Gasteiger partial charge is 0.408 e. The van der Waals surface area contributed by atoms with E-state index >= 15 is 0 Å². The molecular formula is C49H55N5O10S. The monoisotopic (exact) mass is 905 g/mol. The van der Waals surface area contributed by atoms with Crippen molar-refractivity contribution in [3.8, 4) is 22.8 Å². The van der Waals surface area contributed by atoms with Crippen molar-refractivity contribution in [3.05, 3.63) is 108 Å². The van der Waals surface area contributed by atoms with Crippen LogP contribution in [0.3, 0.4) is 0 Å². The Morgan fingerprint density at radius 1 is 0.969 bits per heavy atom. The van der Waals surface area contributed by atoms with Crippen LogP contribution in [-0.4, -0.2) is 104 Å². The second kappa shape index (κ2) is 18.0. The zero-order chi connectivity index (χ0) is 46.1. The Labute approximate surface area is 379 Å². The van der Waals surface area contributed by atoms with Crippen LogP contribution in [0.1, 0.15) is 64.9 Å². The molecule has 2 saturated heterocycles. The molecule has 4 atom stereocenters. The molecule has 2 saturated carbocycles. The average Bonchev–Trinajstić information content (AvgIpc) is 4.20. The molecule has 65 heavy (non-hydrogen) atoms. The lowest BCUT2D eigenvalue weighted by molar-refractivity contribution is -0.142. The van der Waals surface area contributed by atoms with Crippen molar-refractivity contribution in [1.29, 1.82) is 0 Å². The number of nitrogens with one attached hydrogen (secondary N) is 3. The molecule has 3 heterocycles. The van der Waals surface area contributed by atoms with E-state index in [1.807, 2.05) is 72.8 Å². The second-order valence-electron chi connectivity index (χ2n) is 18.4. The number of amides is 4. The first-order valence-corrected chi connectivity index (χ1v) is 23.4. The number of benzene rings is 3. The topological polar surface area (TPSA) is 192 Å². The minimum atomic E-state index is -4.21. The molecule has 0 bridgehead atoms. The summed E-state index contributed by atoms with van der Waals surface area (Å²) in [6, 6.07) is 23.6. The van der Waals surface area contributed by atoms with Crippen molar-refractivity contribution in [3.63, 3.8) is 0 Å². The van der Waals surface area contributed by atoms with Gasteiger partial charge >= 0.3 is 6.09 Å². The summed E-state index contributed by atoms with van der Waals surface area (Å²) in [5.41, 5.74) is 3.25. The summed E-state index contributed by atoms with van der Waals surface area (Å²) in [7, 11) is -2.64. The number of ether oxygens (including phenoxy) is 4. The molecule has 4 aromatic rings. The molecule has 4 aliphatic rings. The maximum atomic E-state index is 14.9. The van der Waals surface area contributed by atoms with Gasteiger partial charge in [0.2, 0.25) is 21.8 Å². The van der Waals surface area contributed by atoms with E-state index in [0.717, 1.165) is 11.1 Å². The molecule has 8 rings (SSSR count). The molecule has 0 radical (unpaired) electrons. The van der Waals surface area contributed by atoms with E-state index in [1.54, 1.807) is 40.0 Å². The van der Waals surface area contributed by atoms with Gasteiger partial charge in [0.25, 0.3) is 5.91 Å². The van der Waals surface area contributed by atoms with E-state index in [4.69, 9.17) is 23.9 Å². The van der Waals surface area contributed by atoms with E-state index < -0.39 is 67.7 Å². The zero-order valence-corrected chi connectivity index (χ0v) is 37.9. The lowest BCUT2D eigenvalue weighted by Gasteiger charge is -2.35. The van der Waals surface area contributed by atoms with Crippen LogP contribution in [0, 0.1) is 5.41 Å². The first-order chi connectivity index (χ1) is 31.0. The summed E-state index contributed by atoms with van der Waals surface area (Å²) >= 11 is 0. The van der Waals surface area contributed by atoms with Gasteiger partial charge in [-0.3, -0.25) is 19.1 Å². The summed E-state index contributed by atoms with van der Waals surface area (Å²) in [6.07, 6.45) is 0.00341. The second-order valence-corrected chi connectivity index (χ2v) is 20.5. The van der Waals surface area contributed by atoms with Gasteiger partial charge in [0.05, 0.1) is 42.8 Å². The molecule has 4 fully saturated rings. The van der Waals surface area contributed by atoms with Gasteiger partial charge in [0.1, 0.15) is 35.8 Å². The number of nitrogens with zero attached hydrogens (tertiary/aromatic N) is 2. The highest BCUT2D eigenvalue weighted by Gasteiger charge is 2.62. The number of methoxy groups -OCH3 is 1. The molecule has 342 valence electrons. The lowest BCUT2D eigenvalue weighted by Crippen LogP contribution is -2.60. The maximum absolute atomic E-state index is 14.9. The van der Waals surface area contributed by atoms with Crippen molar-refractivity contribution < 1.29 is 46.5 Å². The number of aromatic nitrogens is 1. The van der Waals surface area contributed by atoms with Crippen molar-refractivity contribution in [2.45, 2.75) is 100 Å². The molecular weight excluding hydrogens is 851 g/mol. The summed E-state index contributed by atoms with van der Waals surface area (Å²) in [6.45, 7) is 9.89. The van der Waals surface area contributed by atoms with Crippen LogP contribution in [0.5, 0.6) is 11.5 Å². The van der Waals surface area contributed by atoms with Crippen LogP contribution >= 0.6 is 0 Å². The van der Waals surface area contributed by atoms with Crippen LogP contribution < -0.4 is 24.8 Å². The SMILES string of the molecule is C=C=C1C[C@]1(NC(=O)[C@@H]1C[C@@H](Oc2cc(-c3ccccc3)nc3cc(OC)ccc23)CN1C(=O)[C@@H](NC(=O)OC1CCOCC1)C(C)(C)C)C(=O)NS(=O)(=O)C1(Cc2ccccc2)CC1. The van der Waals surface area contributed by atoms with Crippen LogP contribution in [0.15, 0.2) is 103 Å². The molecule has 2 aliphatic carbocycles. The van der Waals surface area contributed by atoms with Crippen LogP contribution in [0.4, 0.5) is 4.79 Å². The summed E-state index contributed by atoms with van der Waals surface area (Å²) < 4.78 is 52.3. The Morgan fingerprint density at radius 3 is 2.29 bits per heavy atom. The molecule has 3 aromatic carbocycles. The molecule has 0 spiro atoms. The largest absolute Gasteiger partial charge is 0.497 e. The third-order valence-electron chi connectivity index (χ3n) is 12.8. The van der Waals surface area contributed by atoms with Gasteiger partial charge in [-0.2, -0.15) is 0 Å². The minimum Gasteiger partial charge on any atom is -0.497 e. The number of rotatable bonds is 14. The number of sulfonamides is 1. The van der Waals surface area contributed by atoms with Gasteiger partial charge in [-0.05, 0) is 42.4 Å². The highest BCUT2D eigenvalue weighted by Crippen LogP contribution is 2.48. The molecule has 0 unspecified atom stereocenters. The standard InChI is InChI=1S/C49H55N5O10S/c1-6-33-29-49(33,45(57)53-65(59,60)48(21-22-48)28-31-13-9-7-10-14-31)52-43(55)40-26-36(30-54(40)44(56)42(47(2,3)4)51-46(58)64-34-19-23-62-24-20-34)63-41-27-38(32-15-11-8-12-16-32)50-39-25-35(61-5)17-18-37(39)41/h7-18,25,27,34,36,40,42H,1,19-24,26,28-30H2,2-5H3,(H,51,58)(H,52,55)(H,53,57)/t36-,40+,42-,49-/m1/s1. The van der Waals surface area contributed by atoms with Gasteiger partial charge in [-0.25, -0.2) is 18.2 Å². The molecule has 16 heteroatoms. The number of likely N-dealkylation sites (tertiary alicyclic amines) is 1. The quantitative estimate of drug-likeness (QED) is 0.130. The van der Waals surface area contributed by atoms with Gasteiger partial charge in [0, 0.05) is 54.3 Å². The average molecular weight is 906 g/mol. The highest BCUT2D eigenvalue weighted by atomic mass is 32.2. The predicted molar refractivity (Wildman–Crippen MR) is 242 cm³/mol. The minimum absolute atomic E-state index is 0.0229. The lowest BCUT2D eigenvalue weighted by atomic mass is 9.85. The number of pyridine rings is 1. The molecule has 3 N–H and O–H groups in total. The van der Waals surface area contributed by atoms with Crippen molar-refractivity contribution in [1.82, 2.24) is 25.2 Å². The van der Waals surface area contributed by atoms with Crippen molar-refractivity contribution >= 4 is 44.7 Å². The Bertz CT molecular complexity index is 2640. The third kappa shape index (κ3) is 9.61. The zero-order valence-electron chi connectivity index (χ0n) is 37.1. The van der Waals surface area contributed by atoms with Gasteiger partial charge in [-0.1, -0.05) is 88.0 Å². The highest BCUT2D eigenvalue weighted by molar-refractivity contribution is 7.91. The van der Waals surface area contributed by atoms with Crippen molar-refractivity contribution in [2.75, 3.05) is 26.9 Å². The van der Waals surface area contributed by atoms with E-state index in [2.05, 4.69) is 27.7 Å². The Kier molecular flexibility index (Phi) is 12.5. The molecule has 4 amide bonds. The number of alkyl carbamates (subject to hydrolysis) is 1. The van der Waals surface area contributed by atoms with Crippen LogP contribution in [0.2, 0.25) is 0 Å². The molecule has 15 nitrogen and oxygen atoms in total. The number of hydrogen-bond acceptors (Lipinski definition) is 11. The maximum Gasteiger partial charge on any atom is 0.408 e. The number of hydrogen-bond donors (Lipinski definition) is 3. The number of carbonyl (C=O) groups is 4. The Hall–Kier alpha value is -6.22. The predicted octanol–water partition coefficient (Wildman–Crippen LogP) is 5.77. The normalized spacial score (nSPS) is 22.0. The fourth-order valence-corrected chi connectivity index (χ4v) is 10.3. The summed E-state index contributed by atoms with van der Waals surface area (Å²) in [5.74, 6) is -1.19. The number of carbonyl (C=O) groups excluding carboxylic acids is 4. The first-order valence-electron chi connectivity index (χ1n) is 21.9. The molecule has 1 aromatic heterocycles. The number of fused-ring (bicyclic) bond motifs is 1. The Balaban J connectivity index is 1.09. The van der Waals surface area contributed by atoms with E-state index in [1.165, 1.54) is 4.90 Å². The van der Waals surface area contributed by atoms with Gasteiger partial charge in [-0.15, -0.1) is 5.73 Å². The van der Waals surface area contributed by atoms with Gasteiger partial charge < -0.3 is 34.5 Å². The summed E-state index contributed by atoms with van der Waals surface area (Å²) in [5, 5.41) is 6.27. The molecule has 2 aliphatic heterocycles. The van der Waals surface area contributed by atoms with Crippen molar-refractivity contribution in [2.24, 2.45) is 5.41 Å². The Morgan fingerprint density at radius 2 is 1.66 bits per heavy atom. The van der Waals surface area contributed by atoms with Crippen LogP contribution in [0.25, 0.3) is 22.2 Å². The van der Waals surface area contributed by atoms with Crippen LogP contribution in [-0.2, 0) is 40.3 Å². The van der Waals surface area contributed by atoms with E-state index in [0.29, 0.717) is 72.6 Å².